The number of hydrogen-bond acceptors (Lipinski definition) is 11. The first-order valence-corrected chi connectivity index (χ1v) is 20.3. The fourth-order valence-electron chi connectivity index (χ4n) is 10.7. The number of amides is 2. The van der Waals surface area contributed by atoms with Gasteiger partial charge in [-0.3, -0.25) is 24.0 Å². The molecule has 2 saturated heterocycles. The minimum Gasteiger partial charge on any atom is -0.480 e. The van der Waals surface area contributed by atoms with E-state index in [1.807, 2.05) is 0 Å². The maximum atomic E-state index is 13.5. The van der Waals surface area contributed by atoms with Crippen LogP contribution in [0.25, 0.3) is 11.3 Å². The summed E-state index contributed by atoms with van der Waals surface area (Å²) in [6.45, 7) is 7.38. The number of Topliss-reactive ketones (excluding diaryl/α,β-unsaturated/α-hetero) is 1. The molecule has 4 fully saturated rings. The average Bonchev–Trinajstić information content (AvgIpc) is 3.78. The fourth-order valence-corrected chi connectivity index (χ4v) is 12.3. The third-order valence-corrected chi connectivity index (χ3v) is 14.9. The van der Waals surface area contributed by atoms with Gasteiger partial charge in [0, 0.05) is 28.6 Å². The van der Waals surface area contributed by atoms with Gasteiger partial charge in [-0.25, -0.2) is 4.79 Å². The lowest BCUT2D eigenvalue weighted by Crippen LogP contribution is -2.70. The molecule has 55 heavy (non-hydrogen) atoms. The number of aliphatic carboxylic acids is 1. The molecule has 0 radical (unpaired) electrons. The number of carboxylic acids is 1. The Hall–Kier alpha value is -4.46. The van der Waals surface area contributed by atoms with Crippen LogP contribution < -0.4 is 10.1 Å². The molecule has 2 amide bonds. The van der Waals surface area contributed by atoms with Crippen LogP contribution in [0.5, 0.6) is 5.75 Å². The molecule has 1 aromatic carbocycles. The molecule has 14 heteroatoms. The molecule has 292 valence electrons. The molecule has 0 spiro atoms. The summed E-state index contributed by atoms with van der Waals surface area (Å²) >= 11 is 1.33. The van der Waals surface area contributed by atoms with Crippen molar-refractivity contribution in [3.8, 4) is 17.0 Å². The fraction of sp³-hybridized carbons (Fsp3) is 0.585. The Kier molecular flexibility index (Phi) is 9.49. The lowest BCUT2D eigenvalue weighted by atomic mass is 9.54. The molecule has 8 atom stereocenters. The summed E-state index contributed by atoms with van der Waals surface area (Å²) in [5, 5.41) is 16.0. The highest BCUT2D eigenvalue weighted by Gasteiger charge is 2.64. The monoisotopic (exact) mass is 773 g/mol. The van der Waals surface area contributed by atoms with Gasteiger partial charge in [-0.2, -0.15) is 0 Å². The number of nitrogens with zero attached hydrogens (tertiary/aromatic N) is 2. The van der Waals surface area contributed by atoms with Crippen molar-refractivity contribution in [2.24, 2.45) is 23.2 Å². The highest BCUT2D eigenvalue weighted by Crippen LogP contribution is 2.62. The molecule has 2 aliphatic heterocycles. The zero-order valence-electron chi connectivity index (χ0n) is 31.6. The highest BCUT2D eigenvalue weighted by molar-refractivity contribution is 8.01. The first-order chi connectivity index (χ1) is 26.2. The van der Waals surface area contributed by atoms with E-state index in [2.05, 4.69) is 17.4 Å². The van der Waals surface area contributed by atoms with Crippen LogP contribution >= 0.6 is 11.8 Å². The van der Waals surface area contributed by atoms with E-state index in [0.29, 0.717) is 41.9 Å². The largest absolute Gasteiger partial charge is 0.480 e. The number of carbonyl (C=O) groups is 6. The molecule has 3 heterocycles. The zero-order chi connectivity index (χ0) is 39.0. The maximum absolute atomic E-state index is 13.5. The number of aryl methyl sites for hydroxylation is 1. The summed E-state index contributed by atoms with van der Waals surface area (Å²) in [5.41, 5.74) is 3.74. The molecule has 6 aliphatic rings. The number of carbonyl (C=O) groups excluding carboxylic acids is 5. The van der Waals surface area contributed by atoms with Crippen molar-refractivity contribution in [1.82, 2.24) is 15.4 Å². The van der Waals surface area contributed by atoms with Crippen molar-refractivity contribution in [2.45, 2.75) is 127 Å². The smallest absolute Gasteiger partial charge is 0.327 e. The van der Waals surface area contributed by atoms with E-state index in [1.165, 1.54) is 22.2 Å². The summed E-state index contributed by atoms with van der Waals surface area (Å²) in [5.74, 6) is -0.631. The van der Waals surface area contributed by atoms with Crippen molar-refractivity contribution in [3.05, 3.63) is 46.7 Å². The number of benzene rings is 1. The number of carboxylic acid groups (broad SMARTS) is 1. The van der Waals surface area contributed by atoms with Gasteiger partial charge in [-0.1, -0.05) is 23.2 Å². The van der Waals surface area contributed by atoms with Crippen LogP contribution in [0.15, 0.2) is 39.9 Å². The molecule has 8 rings (SSSR count). The molecule has 13 nitrogen and oxygen atoms in total. The summed E-state index contributed by atoms with van der Waals surface area (Å²) in [6.07, 6.45) is 7.88. The molecule has 2 N–H and O–H groups in total. The number of ether oxygens (including phenoxy) is 2. The third-order valence-electron chi connectivity index (χ3n) is 13.3. The number of aromatic nitrogens is 1. The standard InChI is InChI=1S/C41H47N3O10S/c1-20-32(36(48)42-34-37(49)44-35(39(50)51)40(2,3)55-38(34)44)33(43-54-20)21-5-9-24(10-6-21)52-30(46)15-16-31(47)53-29-14-13-28-27-11-7-22-19-23(45)8-12-25(22)26(27)17-18-41(28,29)4/h5-6,9-10,26-29,34-35,38H,7-8,11-19H2,1-4H3,(H,42,48)(H,50,51). The van der Waals surface area contributed by atoms with Crippen LogP contribution in [0.2, 0.25) is 0 Å². The van der Waals surface area contributed by atoms with Gasteiger partial charge in [0.05, 0.1) is 12.8 Å². The molecular formula is C41H47N3O10S. The number of thioether (sulfide) groups is 1. The van der Waals surface area contributed by atoms with E-state index in [1.54, 1.807) is 50.6 Å². The Balaban J connectivity index is 0.832. The molecule has 4 aliphatic carbocycles. The molecule has 0 bridgehead atoms. The average molecular weight is 774 g/mol. The van der Waals surface area contributed by atoms with Gasteiger partial charge >= 0.3 is 17.9 Å². The van der Waals surface area contributed by atoms with Crippen molar-refractivity contribution in [1.29, 1.82) is 0 Å². The van der Waals surface area contributed by atoms with Crippen LogP contribution in [0.4, 0.5) is 0 Å². The number of rotatable bonds is 9. The minimum atomic E-state index is -1.09. The second-order valence-corrected chi connectivity index (χ2v) is 18.6. The van der Waals surface area contributed by atoms with Crippen LogP contribution in [-0.4, -0.2) is 79.0 Å². The van der Waals surface area contributed by atoms with E-state index < -0.39 is 51.9 Å². The van der Waals surface area contributed by atoms with Gasteiger partial charge in [0.2, 0.25) is 5.91 Å². The van der Waals surface area contributed by atoms with Gasteiger partial charge in [0.1, 0.15) is 52.1 Å². The first kappa shape index (κ1) is 37.5. The lowest BCUT2D eigenvalue weighted by molar-refractivity contribution is -0.159. The van der Waals surface area contributed by atoms with Gasteiger partial charge in [0.25, 0.3) is 5.91 Å². The van der Waals surface area contributed by atoms with Gasteiger partial charge in [0.15, 0.2) is 0 Å². The number of hydrogen-bond donors (Lipinski definition) is 2. The second-order valence-electron chi connectivity index (χ2n) is 16.9. The predicted octanol–water partition coefficient (Wildman–Crippen LogP) is 5.78. The number of allylic oxidation sites excluding steroid dienone is 2. The van der Waals surface area contributed by atoms with Gasteiger partial charge in [-0.05, 0) is 108 Å². The van der Waals surface area contributed by atoms with E-state index in [4.69, 9.17) is 14.0 Å². The Bertz CT molecular complexity index is 2000. The van der Waals surface area contributed by atoms with Gasteiger partial charge < -0.3 is 29.3 Å². The van der Waals surface area contributed by atoms with Crippen molar-refractivity contribution in [2.75, 3.05) is 0 Å². The number of fused-ring (bicyclic) bond motifs is 5. The number of nitrogens with one attached hydrogen (secondary N) is 1. The number of esters is 2. The van der Waals surface area contributed by atoms with E-state index >= 15 is 0 Å². The zero-order valence-corrected chi connectivity index (χ0v) is 32.4. The predicted molar refractivity (Wildman–Crippen MR) is 199 cm³/mol. The Morgan fingerprint density at radius 3 is 2.49 bits per heavy atom. The van der Waals surface area contributed by atoms with E-state index in [9.17, 15) is 33.9 Å². The molecule has 1 aromatic heterocycles. The Morgan fingerprint density at radius 2 is 1.75 bits per heavy atom. The minimum absolute atomic E-state index is 0.0851. The van der Waals surface area contributed by atoms with Crippen molar-refractivity contribution in [3.63, 3.8) is 0 Å². The van der Waals surface area contributed by atoms with E-state index in [-0.39, 0.29) is 47.1 Å². The van der Waals surface area contributed by atoms with Crippen LogP contribution in [0, 0.1) is 30.1 Å². The normalized spacial score (nSPS) is 31.8. The summed E-state index contributed by atoms with van der Waals surface area (Å²) in [4.78, 5) is 77.5. The van der Waals surface area contributed by atoms with Crippen molar-refractivity contribution < 1.29 is 47.9 Å². The molecule has 8 unspecified atom stereocenters. The second kappa shape index (κ2) is 13.9. The molecular weight excluding hydrogens is 727 g/mol. The molecule has 2 saturated carbocycles. The van der Waals surface area contributed by atoms with Crippen LogP contribution in [0.1, 0.15) is 108 Å². The topological polar surface area (TPSA) is 182 Å². The van der Waals surface area contributed by atoms with Crippen molar-refractivity contribution >= 4 is 47.3 Å². The SMILES string of the molecule is Cc1onc(-c2ccc(OC(=O)CCC(=O)OC3CCC4C5CCC6=C(CCC(=O)C6)C5CCC34C)cc2)c1C(=O)NC1C(=O)N2C1SC(C)(C)C2C(=O)O. The van der Waals surface area contributed by atoms with E-state index in [0.717, 1.165) is 44.9 Å². The van der Waals surface area contributed by atoms with Crippen LogP contribution in [0.3, 0.4) is 0 Å². The quantitative estimate of drug-likeness (QED) is 0.136. The lowest BCUT2D eigenvalue weighted by Gasteiger charge is -2.51. The van der Waals surface area contributed by atoms with Gasteiger partial charge in [-0.15, -0.1) is 11.8 Å². The summed E-state index contributed by atoms with van der Waals surface area (Å²) in [6, 6.07) is 4.47. The summed E-state index contributed by atoms with van der Waals surface area (Å²) in [7, 11) is 0. The Morgan fingerprint density at radius 1 is 1.00 bits per heavy atom. The maximum Gasteiger partial charge on any atom is 0.327 e. The van der Waals surface area contributed by atoms with Crippen LogP contribution in [-0.2, 0) is 28.7 Å². The first-order valence-electron chi connectivity index (χ1n) is 19.4. The third kappa shape index (κ3) is 6.47. The Labute approximate surface area is 323 Å². The number of β-lactam (4-membered cyclic amide) rings is 1. The highest BCUT2D eigenvalue weighted by atomic mass is 32.2. The number of ketones is 1. The molecule has 2 aromatic rings. The summed E-state index contributed by atoms with van der Waals surface area (Å²) < 4.78 is 16.2.